The predicted molar refractivity (Wildman–Crippen MR) is 247 cm³/mol. The summed E-state index contributed by atoms with van der Waals surface area (Å²) in [5, 5.41) is 0. The van der Waals surface area contributed by atoms with Gasteiger partial charge in [0.15, 0.2) is 0 Å². The third-order valence-electron chi connectivity index (χ3n) is 11.7. The van der Waals surface area contributed by atoms with Crippen LogP contribution in [0, 0.1) is 0 Å². The van der Waals surface area contributed by atoms with Crippen molar-refractivity contribution in [2.45, 2.75) is 290 Å². The average molecular weight is 805 g/mol. The molecular weight excluding hydrogens is 705 g/mol. The van der Waals surface area contributed by atoms with Crippen LogP contribution in [0.5, 0.6) is 0 Å². The predicted octanol–water partition coefficient (Wildman–Crippen LogP) is 17.1. The molecule has 0 aromatic rings. The van der Waals surface area contributed by atoms with Crippen molar-refractivity contribution in [2.24, 2.45) is 0 Å². The van der Waals surface area contributed by atoms with Crippen molar-refractivity contribution >= 4 is 11.9 Å². The van der Waals surface area contributed by atoms with E-state index in [2.05, 4.69) is 20.8 Å². The topological polar surface area (TPSA) is 61.8 Å². The zero-order valence-corrected chi connectivity index (χ0v) is 38.9. The lowest BCUT2D eigenvalue weighted by atomic mass is 10.0. The zero-order chi connectivity index (χ0) is 41.4. The van der Waals surface area contributed by atoms with Crippen molar-refractivity contribution in [3.8, 4) is 0 Å². The minimum Gasteiger partial charge on any atom is -0.463 e. The normalized spacial score (nSPS) is 12.1. The number of hydrogen-bond acceptors (Lipinski definition) is 5. The van der Waals surface area contributed by atoms with E-state index in [-0.39, 0.29) is 25.2 Å². The van der Waals surface area contributed by atoms with Gasteiger partial charge in [0.25, 0.3) is 0 Å². The molecule has 0 bridgehead atoms. The standard InChI is InChI=1S/C52H100O5/c1-4-7-10-13-16-19-21-23-24-25-26-27-28-29-31-34-37-40-43-46-52(54)57-49-50(48-56-51(53)45-42-39-36-33-18-15-12-9-6-3)55-47-44-41-38-35-32-30-22-20-17-14-11-8-5-2/h42,45,50H,4-41,43-44,46-49H2,1-3H3/b45-42+. The second-order valence-electron chi connectivity index (χ2n) is 17.5. The van der Waals surface area contributed by atoms with E-state index in [1.165, 1.54) is 218 Å². The second kappa shape index (κ2) is 49.0. The van der Waals surface area contributed by atoms with Crippen molar-refractivity contribution < 1.29 is 23.8 Å². The van der Waals surface area contributed by atoms with E-state index in [0.717, 1.165) is 38.5 Å². The minimum atomic E-state index is -0.420. The summed E-state index contributed by atoms with van der Waals surface area (Å²) in [5.41, 5.74) is 0. The van der Waals surface area contributed by atoms with Crippen molar-refractivity contribution in [3.05, 3.63) is 12.2 Å². The van der Waals surface area contributed by atoms with Gasteiger partial charge in [-0.3, -0.25) is 4.79 Å². The maximum Gasteiger partial charge on any atom is 0.330 e. The van der Waals surface area contributed by atoms with Crippen molar-refractivity contribution in [2.75, 3.05) is 19.8 Å². The Kier molecular flexibility index (Phi) is 47.8. The van der Waals surface area contributed by atoms with Gasteiger partial charge in [0.2, 0.25) is 0 Å². The van der Waals surface area contributed by atoms with Crippen LogP contribution in [0.25, 0.3) is 0 Å². The van der Waals surface area contributed by atoms with Gasteiger partial charge >= 0.3 is 11.9 Å². The highest BCUT2D eigenvalue weighted by atomic mass is 16.6. The van der Waals surface area contributed by atoms with E-state index in [0.29, 0.717) is 13.0 Å². The highest BCUT2D eigenvalue weighted by molar-refractivity contribution is 5.81. The summed E-state index contributed by atoms with van der Waals surface area (Å²) in [4.78, 5) is 25.0. The van der Waals surface area contributed by atoms with E-state index >= 15 is 0 Å². The number of allylic oxidation sites excluding steroid dienone is 1. The molecule has 0 rings (SSSR count). The second-order valence-corrected chi connectivity index (χ2v) is 17.5. The van der Waals surface area contributed by atoms with E-state index in [4.69, 9.17) is 14.2 Å². The summed E-state index contributed by atoms with van der Waals surface area (Å²) >= 11 is 0. The van der Waals surface area contributed by atoms with Crippen LogP contribution in [0.15, 0.2) is 12.2 Å². The molecular formula is C52H100O5. The molecule has 1 atom stereocenters. The van der Waals surface area contributed by atoms with Crippen LogP contribution in [-0.2, 0) is 23.8 Å². The summed E-state index contributed by atoms with van der Waals surface area (Å²) in [7, 11) is 0. The molecule has 0 saturated heterocycles. The fourth-order valence-electron chi connectivity index (χ4n) is 7.74. The van der Waals surface area contributed by atoms with Gasteiger partial charge in [0, 0.05) is 19.1 Å². The number of esters is 2. The van der Waals surface area contributed by atoms with Gasteiger partial charge in [0.1, 0.15) is 19.3 Å². The van der Waals surface area contributed by atoms with Crippen LogP contribution >= 0.6 is 0 Å². The SMILES string of the molecule is CCCCCCCCC/C=C/C(=O)OCC(COC(=O)CCCCCCCCCCCCCCCCCCCCC)OCCCCCCCCCCCCCCC. The molecule has 5 nitrogen and oxygen atoms in total. The first-order valence-electron chi connectivity index (χ1n) is 25.7. The average Bonchev–Trinajstić information content (AvgIpc) is 3.21. The lowest BCUT2D eigenvalue weighted by Crippen LogP contribution is -2.28. The molecule has 57 heavy (non-hydrogen) atoms. The van der Waals surface area contributed by atoms with E-state index in [1.54, 1.807) is 6.08 Å². The summed E-state index contributed by atoms with van der Waals surface area (Å²) in [5.74, 6) is -0.509. The van der Waals surface area contributed by atoms with Gasteiger partial charge in [-0.2, -0.15) is 0 Å². The maximum absolute atomic E-state index is 12.6. The van der Waals surface area contributed by atoms with Gasteiger partial charge in [0.05, 0.1) is 0 Å². The van der Waals surface area contributed by atoms with Crippen LogP contribution in [0.1, 0.15) is 284 Å². The van der Waals surface area contributed by atoms with Gasteiger partial charge in [-0.05, 0) is 25.7 Å². The quantitative estimate of drug-likeness (QED) is 0.0348. The van der Waals surface area contributed by atoms with Crippen molar-refractivity contribution in [1.29, 1.82) is 0 Å². The molecule has 0 radical (unpaired) electrons. The molecule has 0 aliphatic rings. The Hall–Kier alpha value is -1.36. The van der Waals surface area contributed by atoms with E-state index in [9.17, 15) is 9.59 Å². The lowest BCUT2D eigenvalue weighted by Gasteiger charge is -2.18. The number of unbranched alkanes of at least 4 members (excludes halogenated alkanes) is 37. The highest BCUT2D eigenvalue weighted by Gasteiger charge is 2.15. The minimum absolute atomic E-state index is 0.117. The zero-order valence-electron chi connectivity index (χ0n) is 38.9. The van der Waals surface area contributed by atoms with Crippen molar-refractivity contribution in [1.82, 2.24) is 0 Å². The van der Waals surface area contributed by atoms with Crippen LogP contribution in [-0.4, -0.2) is 37.9 Å². The Morgan fingerprint density at radius 2 is 0.702 bits per heavy atom. The Morgan fingerprint density at radius 3 is 1.09 bits per heavy atom. The molecule has 0 aliphatic carbocycles. The monoisotopic (exact) mass is 805 g/mol. The van der Waals surface area contributed by atoms with E-state index < -0.39 is 6.10 Å². The number of rotatable bonds is 48. The summed E-state index contributed by atoms with van der Waals surface area (Å²) in [6.07, 6.45) is 55.7. The first-order valence-corrected chi connectivity index (χ1v) is 25.7. The summed E-state index contributed by atoms with van der Waals surface area (Å²) < 4.78 is 17.3. The van der Waals surface area contributed by atoms with Crippen LogP contribution in [0.4, 0.5) is 0 Å². The number of carbonyl (C=O) groups is 2. The fourth-order valence-corrected chi connectivity index (χ4v) is 7.74. The van der Waals surface area contributed by atoms with Gasteiger partial charge in [-0.15, -0.1) is 0 Å². The maximum atomic E-state index is 12.6. The third kappa shape index (κ3) is 47.2. The molecule has 0 aromatic heterocycles. The van der Waals surface area contributed by atoms with E-state index in [1.807, 2.05) is 6.08 Å². The van der Waals surface area contributed by atoms with Gasteiger partial charge in [-0.25, -0.2) is 4.79 Å². The molecule has 0 saturated carbocycles. The lowest BCUT2D eigenvalue weighted by molar-refractivity contribution is -0.153. The first-order chi connectivity index (χ1) is 28.1. The Bertz CT molecular complexity index is 825. The number of carbonyl (C=O) groups excluding carboxylic acids is 2. The van der Waals surface area contributed by atoms with Gasteiger partial charge in [-0.1, -0.05) is 258 Å². The molecule has 0 N–H and O–H groups in total. The molecule has 0 fully saturated rings. The Labute approximate surface area is 356 Å². The van der Waals surface area contributed by atoms with Crippen molar-refractivity contribution in [3.63, 3.8) is 0 Å². The van der Waals surface area contributed by atoms with Crippen LogP contribution in [0.2, 0.25) is 0 Å². The highest BCUT2D eigenvalue weighted by Crippen LogP contribution is 2.16. The molecule has 5 heteroatoms. The Morgan fingerprint density at radius 1 is 0.386 bits per heavy atom. The molecule has 1 unspecified atom stereocenters. The molecule has 0 aromatic carbocycles. The molecule has 0 heterocycles. The molecule has 0 spiro atoms. The third-order valence-corrected chi connectivity index (χ3v) is 11.7. The molecule has 338 valence electrons. The summed E-state index contributed by atoms with van der Waals surface area (Å²) in [6, 6.07) is 0. The largest absolute Gasteiger partial charge is 0.463 e. The number of ether oxygens (including phenoxy) is 3. The number of hydrogen-bond donors (Lipinski definition) is 0. The summed E-state index contributed by atoms with van der Waals surface area (Å²) in [6.45, 7) is 7.68. The molecule has 0 aliphatic heterocycles. The molecule has 0 amide bonds. The first kappa shape index (κ1) is 55.6. The smallest absolute Gasteiger partial charge is 0.330 e. The fraction of sp³-hybridized carbons (Fsp3) is 0.923. The van der Waals surface area contributed by atoms with Crippen LogP contribution < -0.4 is 0 Å². The Balaban J connectivity index is 4.12. The van der Waals surface area contributed by atoms with Gasteiger partial charge < -0.3 is 14.2 Å². The van der Waals surface area contributed by atoms with Crippen LogP contribution in [0.3, 0.4) is 0 Å².